The Morgan fingerprint density at radius 1 is 1.21 bits per heavy atom. The molecule has 6 heteroatoms. The molecule has 3 rings (SSSR count). The van der Waals surface area contributed by atoms with Gasteiger partial charge in [0.05, 0.1) is 5.75 Å². The number of nitrogens with zero attached hydrogens (tertiary/aromatic N) is 3. The second-order valence-corrected chi connectivity index (χ2v) is 7.70. The van der Waals surface area contributed by atoms with Gasteiger partial charge in [0.15, 0.2) is 0 Å². The second-order valence-electron chi connectivity index (χ2n) is 6.77. The number of thioether (sulfide) groups is 1. The standard InChI is InChI=1S/C18H23N3O2S/c1-12-4-6-15(7-5-12)17-19-20-18(23-17)24-11-16(22)21-9-13(2)8-14(3)10-21/h4-7,13-14H,8-11H2,1-3H3/t13-,14-/m1/s1. The van der Waals surface area contributed by atoms with E-state index in [9.17, 15) is 4.79 Å². The van der Waals surface area contributed by atoms with Crippen LogP contribution in [-0.4, -0.2) is 39.8 Å². The molecule has 1 aliphatic heterocycles. The first kappa shape index (κ1) is 17.0. The van der Waals surface area contributed by atoms with Crippen molar-refractivity contribution in [2.24, 2.45) is 11.8 Å². The van der Waals surface area contributed by atoms with Crippen molar-refractivity contribution in [1.29, 1.82) is 0 Å². The molecule has 0 bridgehead atoms. The summed E-state index contributed by atoms with van der Waals surface area (Å²) in [6.07, 6.45) is 1.19. The van der Waals surface area contributed by atoms with E-state index in [0.717, 1.165) is 18.7 Å². The Morgan fingerprint density at radius 3 is 2.54 bits per heavy atom. The van der Waals surface area contributed by atoms with Crippen molar-refractivity contribution in [2.45, 2.75) is 32.4 Å². The Balaban J connectivity index is 1.57. The molecule has 0 aliphatic carbocycles. The predicted octanol–water partition coefficient (Wildman–Crippen LogP) is 3.64. The average molecular weight is 345 g/mol. The molecule has 0 spiro atoms. The Bertz CT molecular complexity index is 689. The molecular formula is C18H23N3O2S. The second kappa shape index (κ2) is 7.38. The highest BCUT2D eigenvalue weighted by atomic mass is 32.2. The molecule has 0 N–H and O–H groups in total. The number of carbonyl (C=O) groups is 1. The lowest BCUT2D eigenvalue weighted by Gasteiger charge is -2.34. The zero-order chi connectivity index (χ0) is 17.1. The lowest BCUT2D eigenvalue weighted by atomic mass is 9.92. The van der Waals surface area contributed by atoms with Gasteiger partial charge in [-0.1, -0.05) is 43.3 Å². The first-order valence-electron chi connectivity index (χ1n) is 8.32. The third-order valence-electron chi connectivity index (χ3n) is 4.25. The highest BCUT2D eigenvalue weighted by Gasteiger charge is 2.25. The van der Waals surface area contributed by atoms with Crippen molar-refractivity contribution in [3.8, 4) is 11.5 Å². The Kier molecular flexibility index (Phi) is 5.23. The van der Waals surface area contributed by atoms with Crippen LogP contribution < -0.4 is 0 Å². The van der Waals surface area contributed by atoms with E-state index in [-0.39, 0.29) is 5.91 Å². The monoisotopic (exact) mass is 345 g/mol. The average Bonchev–Trinajstić information content (AvgIpc) is 3.01. The highest BCUT2D eigenvalue weighted by molar-refractivity contribution is 7.99. The number of hydrogen-bond donors (Lipinski definition) is 0. The van der Waals surface area contributed by atoms with Gasteiger partial charge >= 0.3 is 0 Å². The maximum Gasteiger partial charge on any atom is 0.277 e. The van der Waals surface area contributed by atoms with Crippen LogP contribution >= 0.6 is 11.8 Å². The van der Waals surface area contributed by atoms with E-state index >= 15 is 0 Å². The summed E-state index contributed by atoms with van der Waals surface area (Å²) in [5.41, 5.74) is 2.08. The number of carbonyl (C=O) groups excluding carboxylic acids is 1. The summed E-state index contributed by atoms with van der Waals surface area (Å²) in [5.74, 6) is 2.12. The zero-order valence-electron chi connectivity index (χ0n) is 14.4. The molecule has 2 heterocycles. The third-order valence-corrected chi connectivity index (χ3v) is 5.05. The van der Waals surface area contributed by atoms with Gasteiger partial charge < -0.3 is 9.32 Å². The fourth-order valence-electron chi connectivity index (χ4n) is 3.16. The molecule has 24 heavy (non-hydrogen) atoms. The van der Waals surface area contributed by atoms with Crippen LogP contribution in [0, 0.1) is 18.8 Å². The SMILES string of the molecule is Cc1ccc(-c2nnc(SCC(=O)N3C[C@H](C)C[C@@H](C)C3)o2)cc1. The number of likely N-dealkylation sites (tertiary alicyclic amines) is 1. The molecule has 0 radical (unpaired) electrons. The molecule has 1 aromatic heterocycles. The van der Waals surface area contributed by atoms with E-state index in [1.54, 1.807) is 0 Å². The summed E-state index contributed by atoms with van der Waals surface area (Å²) in [6.45, 7) is 8.14. The van der Waals surface area contributed by atoms with E-state index in [2.05, 4.69) is 24.0 Å². The molecule has 128 valence electrons. The smallest absolute Gasteiger partial charge is 0.277 e. The molecule has 1 saturated heterocycles. The predicted molar refractivity (Wildman–Crippen MR) is 94.7 cm³/mol. The van der Waals surface area contributed by atoms with E-state index in [1.165, 1.54) is 23.7 Å². The van der Waals surface area contributed by atoms with Crippen LogP contribution in [0.4, 0.5) is 0 Å². The van der Waals surface area contributed by atoms with Crippen molar-refractivity contribution in [3.05, 3.63) is 29.8 Å². The molecule has 1 aliphatic rings. The first-order valence-corrected chi connectivity index (χ1v) is 9.31. The van der Waals surface area contributed by atoms with Crippen LogP contribution in [-0.2, 0) is 4.79 Å². The van der Waals surface area contributed by atoms with Crippen molar-refractivity contribution in [1.82, 2.24) is 15.1 Å². The maximum atomic E-state index is 12.4. The lowest BCUT2D eigenvalue weighted by Crippen LogP contribution is -2.43. The first-order chi connectivity index (χ1) is 11.5. The Labute approximate surface area is 146 Å². The van der Waals surface area contributed by atoms with Gasteiger partial charge in [0.1, 0.15) is 0 Å². The summed E-state index contributed by atoms with van der Waals surface area (Å²) in [7, 11) is 0. The molecule has 5 nitrogen and oxygen atoms in total. The lowest BCUT2D eigenvalue weighted by molar-refractivity contribution is -0.130. The van der Waals surface area contributed by atoms with E-state index in [0.29, 0.717) is 28.7 Å². The minimum Gasteiger partial charge on any atom is -0.411 e. The fraction of sp³-hybridized carbons (Fsp3) is 0.500. The summed E-state index contributed by atoms with van der Waals surface area (Å²) in [6, 6.07) is 7.93. The molecule has 1 aromatic carbocycles. The molecule has 1 amide bonds. The number of amides is 1. The highest BCUT2D eigenvalue weighted by Crippen LogP contribution is 2.25. The van der Waals surface area contributed by atoms with Gasteiger partial charge in [-0.25, -0.2) is 0 Å². The topological polar surface area (TPSA) is 59.2 Å². The van der Waals surface area contributed by atoms with Crippen molar-refractivity contribution in [2.75, 3.05) is 18.8 Å². The van der Waals surface area contributed by atoms with Crippen LogP contribution in [0.2, 0.25) is 0 Å². The van der Waals surface area contributed by atoms with E-state index < -0.39 is 0 Å². The van der Waals surface area contributed by atoms with Crippen molar-refractivity contribution < 1.29 is 9.21 Å². The van der Waals surface area contributed by atoms with Gasteiger partial charge in [0.25, 0.3) is 5.22 Å². The minimum absolute atomic E-state index is 0.147. The third kappa shape index (κ3) is 4.17. The summed E-state index contributed by atoms with van der Waals surface area (Å²) >= 11 is 1.31. The van der Waals surface area contributed by atoms with Gasteiger partial charge in [-0.2, -0.15) is 0 Å². The molecule has 0 unspecified atom stereocenters. The number of piperidine rings is 1. The Hall–Kier alpha value is -1.82. The summed E-state index contributed by atoms with van der Waals surface area (Å²) < 4.78 is 5.66. The number of hydrogen-bond acceptors (Lipinski definition) is 5. The largest absolute Gasteiger partial charge is 0.411 e. The number of aryl methyl sites for hydroxylation is 1. The summed E-state index contributed by atoms with van der Waals surface area (Å²) in [5, 5.41) is 8.55. The van der Waals surface area contributed by atoms with Crippen LogP contribution in [0.25, 0.3) is 11.5 Å². The van der Waals surface area contributed by atoms with Crippen LogP contribution in [0.5, 0.6) is 0 Å². The van der Waals surface area contributed by atoms with Gasteiger partial charge in [0, 0.05) is 18.7 Å². The number of benzene rings is 1. The van der Waals surface area contributed by atoms with Crippen molar-refractivity contribution >= 4 is 17.7 Å². The van der Waals surface area contributed by atoms with Crippen LogP contribution in [0.1, 0.15) is 25.8 Å². The van der Waals surface area contributed by atoms with Crippen LogP contribution in [0.15, 0.2) is 33.9 Å². The Morgan fingerprint density at radius 2 is 1.88 bits per heavy atom. The molecule has 2 aromatic rings. The van der Waals surface area contributed by atoms with E-state index in [1.807, 2.05) is 36.1 Å². The molecule has 1 fully saturated rings. The molecule has 0 saturated carbocycles. The van der Waals surface area contributed by atoms with Gasteiger partial charge in [-0.15, -0.1) is 10.2 Å². The zero-order valence-corrected chi connectivity index (χ0v) is 15.2. The quantitative estimate of drug-likeness (QED) is 0.792. The molecular weight excluding hydrogens is 322 g/mol. The van der Waals surface area contributed by atoms with Gasteiger partial charge in [0.2, 0.25) is 11.8 Å². The maximum absolute atomic E-state index is 12.4. The van der Waals surface area contributed by atoms with Crippen molar-refractivity contribution in [3.63, 3.8) is 0 Å². The normalized spacial score (nSPS) is 21.0. The van der Waals surface area contributed by atoms with Crippen LogP contribution in [0.3, 0.4) is 0 Å². The minimum atomic E-state index is 0.147. The number of rotatable bonds is 4. The van der Waals surface area contributed by atoms with E-state index in [4.69, 9.17) is 4.42 Å². The van der Waals surface area contributed by atoms with Gasteiger partial charge in [-0.3, -0.25) is 4.79 Å². The fourth-order valence-corrected chi connectivity index (χ4v) is 3.83. The molecule has 2 atom stereocenters. The van der Waals surface area contributed by atoms with Gasteiger partial charge in [-0.05, 0) is 37.3 Å². The number of aromatic nitrogens is 2. The summed E-state index contributed by atoms with van der Waals surface area (Å²) in [4.78, 5) is 14.4.